The molecule has 2 heterocycles. The van der Waals surface area contributed by atoms with E-state index in [0.717, 1.165) is 0 Å². The van der Waals surface area contributed by atoms with Crippen molar-refractivity contribution in [3.63, 3.8) is 0 Å². The normalized spacial score (nSPS) is 16.8. The first-order valence-electron chi connectivity index (χ1n) is 10.3. The number of amides is 1. The third kappa shape index (κ3) is 6.27. The fraction of sp³-hybridized carbons (Fsp3) is 0.545. The first kappa shape index (κ1) is 25.3. The smallest absolute Gasteiger partial charge is 0.417 e. The number of aromatic nitrogens is 2. The lowest BCUT2D eigenvalue weighted by Crippen LogP contribution is -2.53. The van der Waals surface area contributed by atoms with E-state index in [1.807, 2.05) is 0 Å². The Morgan fingerprint density at radius 2 is 1.97 bits per heavy atom. The number of hydrogen-bond acceptors (Lipinski definition) is 8. The molecule has 0 N–H and O–H groups in total. The van der Waals surface area contributed by atoms with Gasteiger partial charge in [0.2, 0.25) is 5.96 Å². The van der Waals surface area contributed by atoms with Crippen LogP contribution in [0.15, 0.2) is 47.4 Å². The van der Waals surface area contributed by atoms with E-state index in [1.165, 1.54) is 29.9 Å². The van der Waals surface area contributed by atoms with Crippen molar-refractivity contribution >= 4 is 18.0 Å². The topological polar surface area (TPSA) is 104 Å². The zero-order valence-corrected chi connectivity index (χ0v) is 19.5. The summed E-state index contributed by atoms with van der Waals surface area (Å²) >= 11 is 0. The Hall–Kier alpha value is -2.98. The van der Waals surface area contributed by atoms with Crippen molar-refractivity contribution in [2.24, 2.45) is 4.99 Å². The molecule has 0 spiro atoms. The van der Waals surface area contributed by atoms with Crippen molar-refractivity contribution in [1.29, 1.82) is 0 Å². The Labute approximate surface area is 188 Å². The number of hydrogen-bond donors (Lipinski definition) is 0. The zero-order valence-electron chi connectivity index (χ0n) is 19.5. The molecular weight excluding hydrogens is 416 g/mol. The van der Waals surface area contributed by atoms with Crippen LogP contribution in [-0.2, 0) is 23.7 Å². The summed E-state index contributed by atoms with van der Waals surface area (Å²) < 4.78 is 23.0. The maximum absolute atomic E-state index is 13.3. The molecule has 0 aliphatic carbocycles. The quantitative estimate of drug-likeness (QED) is 0.342. The van der Waals surface area contributed by atoms with Crippen molar-refractivity contribution in [2.45, 2.75) is 58.5 Å². The molecule has 1 aromatic rings. The highest BCUT2D eigenvalue weighted by Crippen LogP contribution is 2.30. The molecule has 0 aromatic carbocycles. The predicted octanol–water partition coefficient (Wildman–Crippen LogP) is 3.11. The maximum Gasteiger partial charge on any atom is 0.417 e. The van der Waals surface area contributed by atoms with Gasteiger partial charge in [0.05, 0.1) is 17.3 Å². The SMILES string of the molecule is C=CCOC(=O)C1=C(C)N=C(n2cccn2)N(C(=O)OC(C)(C)C)C1CCC(OC)OC. The molecule has 1 aliphatic rings. The van der Waals surface area contributed by atoms with Gasteiger partial charge in [-0.3, -0.25) is 0 Å². The van der Waals surface area contributed by atoms with E-state index < -0.39 is 30.0 Å². The highest BCUT2D eigenvalue weighted by molar-refractivity contribution is 6.01. The minimum absolute atomic E-state index is 0.0310. The number of nitrogens with zero attached hydrogens (tertiary/aromatic N) is 4. The molecule has 1 atom stereocenters. The van der Waals surface area contributed by atoms with E-state index in [-0.39, 0.29) is 18.1 Å². The van der Waals surface area contributed by atoms with Crippen LogP contribution in [0, 0.1) is 0 Å². The fourth-order valence-electron chi connectivity index (χ4n) is 3.24. The average molecular weight is 449 g/mol. The number of carbonyl (C=O) groups excluding carboxylic acids is 2. The van der Waals surface area contributed by atoms with Gasteiger partial charge >= 0.3 is 12.1 Å². The molecule has 1 aliphatic heterocycles. The second-order valence-electron chi connectivity index (χ2n) is 8.09. The number of ether oxygens (including phenoxy) is 4. The van der Waals surface area contributed by atoms with Crippen LogP contribution in [-0.4, -0.2) is 71.5 Å². The molecule has 2 rings (SSSR count). The van der Waals surface area contributed by atoms with Crippen molar-refractivity contribution < 1.29 is 28.5 Å². The van der Waals surface area contributed by atoms with Gasteiger partial charge in [-0.25, -0.2) is 24.2 Å². The van der Waals surface area contributed by atoms with E-state index in [0.29, 0.717) is 18.5 Å². The Kier molecular flexibility index (Phi) is 8.73. The lowest BCUT2D eigenvalue weighted by Gasteiger charge is -2.37. The van der Waals surface area contributed by atoms with E-state index in [9.17, 15) is 9.59 Å². The molecule has 1 unspecified atom stereocenters. The maximum atomic E-state index is 13.3. The molecular formula is C22H32N4O6. The minimum atomic E-state index is -0.766. The van der Waals surface area contributed by atoms with Crippen LogP contribution in [0.4, 0.5) is 4.79 Å². The highest BCUT2D eigenvalue weighted by Gasteiger charge is 2.42. The van der Waals surface area contributed by atoms with Crippen molar-refractivity contribution in [2.75, 3.05) is 20.8 Å². The van der Waals surface area contributed by atoms with Crippen LogP contribution < -0.4 is 0 Å². The Balaban J connectivity index is 2.58. The fourth-order valence-corrected chi connectivity index (χ4v) is 3.24. The monoisotopic (exact) mass is 448 g/mol. The molecule has 10 nitrogen and oxygen atoms in total. The largest absolute Gasteiger partial charge is 0.458 e. The van der Waals surface area contributed by atoms with Crippen LogP contribution in [0.3, 0.4) is 0 Å². The lowest BCUT2D eigenvalue weighted by molar-refractivity contribution is -0.138. The van der Waals surface area contributed by atoms with Gasteiger partial charge in [0, 0.05) is 33.0 Å². The first-order valence-corrected chi connectivity index (χ1v) is 10.3. The third-order valence-electron chi connectivity index (χ3n) is 4.57. The number of esters is 1. The Bertz CT molecular complexity index is 865. The van der Waals surface area contributed by atoms with Crippen LogP contribution in [0.2, 0.25) is 0 Å². The molecule has 0 fully saturated rings. The summed E-state index contributed by atoms with van der Waals surface area (Å²) in [6.45, 7) is 10.6. The summed E-state index contributed by atoms with van der Waals surface area (Å²) in [7, 11) is 3.05. The molecule has 1 amide bonds. The van der Waals surface area contributed by atoms with Crippen LogP contribution in [0.1, 0.15) is 40.5 Å². The van der Waals surface area contributed by atoms with Crippen molar-refractivity contribution in [3.05, 3.63) is 42.4 Å². The molecule has 0 saturated heterocycles. The molecule has 176 valence electrons. The van der Waals surface area contributed by atoms with E-state index in [1.54, 1.807) is 46.2 Å². The molecule has 10 heteroatoms. The van der Waals surface area contributed by atoms with Gasteiger partial charge < -0.3 is 18.9 Å². The second kappa shape index (κ2) is 11.1. The van der Waals surface area contributed by atoms with Gasteiger partial charge in [0.15, 0.2) is 6.29 Å². The predicted molar refractivity (Wildman–Crippen MR) is 118 cm³/mol. The average Bonchev–Trinajstić information content (AvgIpc) is 3.25. The standard InChI is InChI=1S/C22H32N4O6/c1-8-14-31-19(27)18-15(2)24-20(25-13-9-12-23-25)26(21(28)32-22(3,4)5)16(18)10-11-17(29-6)30-7/h8-9,12-13,16-17H,1,10-11,14H2,2-7H3. The first-order chi connectivity index (χ1) is 15.1. The molecule has 0 saturated carbocycles. The third-order valence-corrected chi connectivity index (χ3v) is 4.57. The molecule has 1 aromatic heterocycles. The lowest BCUT2D eigenvalue weighted by atomic mass is 9.97. The summed E-state index contributed by atoms with van der Waals surface area (Å²) in [6.07, 6.45) is 4.24. The Morgan fingerprint density at radius 1 is 1.28 bits per heavy atom. The van der Waals surface area contributed by atoms with E-state index in [4.69, 9.17) is 18.9 Å². The number of methoxy groups -OCH3 is 2. The van der Waals surface area contributed by atoms with Crippen molar-refractivity contribution in [3.8, 4) is 0 Å². The molecule has 0 radical (unpaired) electrons. The summed E-state index contributed by atoms with van der Waals surface area (Å²) in [5, 5.41) is 4.22. The second-order valence-corrected chi connectivity index (χ2v) is 8.09. The summed E-state index contributed by atoms with van der Waals surface area (Å²) in [5.41, 5.74) is -0.0987. The molecule has 0 bridgehead atoms. The van der Waals surface area contributed by atoms with Gasteiger partial charge in [-0.2, -0.15) is 5.10 Å². The zero-order chi connectivity index (χ0) is 23.9. The van der Waals surface area contributed by atoms with Crippen molar-refractivity contribution in [1.82, 2.24) is 14.7 Å². The number of aliphatic imine (C=N–C) groups is 1. The molecule has 32 heavy (non-hydrogen) atoms. The van der Waals surface area contributed by atoms with Crippen LogP contribution >= 0.6 is 0 Å². The number of allylic oxidation sites excluding steroid dienone is 1. The van der Waals surface area contributed by atoms with Gasteiger partial charge in [-0.05, 0) is 40.2 Å². The summed E-state index contributed by atoms with van der Waals surface area (Å²) in [4.78, 5) is 32.1. The van der Waals surface area contributed by atoms with Gasteiger partial charge in [0.1, 0.15) is 12.2 Å². The van der Waals surface area contributed by atoms with Gasteiger partial charge in [0.25, 0.3) is 0 Å². The number of carbonyl (C=O) groups is 2. The van der Waals surface area contributed by atoms with E-state index in [2.05, 4.69) is 16.7 Å². The Morgan fingerprint density at radius 3 is 2.50 bits per heavy atom. The summed E-state index contributed by atoms with van der Waals surface area (Å²) in [5.74, 6) is -0.367. The minimum Gasteiger partial charge on any atom is -0.458 e. The van der Waals surface area contributed by atoms with E-state index >= 15 is 0 Å². The van der Waals surface area contributed by atoms with Gasteiger partial charge in [-0.1, -0.05) is 12.7 Å². The highest BCUT2D eigenvalue weighted by atomic mass is 16.7. The van der Waals surface area contributed by atoms with Crippen LogP contribution in [0.5, 0.6) is 0 Å². The number of rotatable bonds is 8. The van der Waals surface area contributed by atoms with Gasteiger partial charge in [-0.15, -0.1) is 0 Å². The summed E-state index contributed by atoms with van der Waals surface area (Å²) in [6, 6.07) is 0.968. The van der Waals surface area contributed by atoms with Crippen LogP contribution in [0.25, 0.3) is 0 Å².